The van der Waals surface area contributed by atoms with Crippen LogP contribution in [0.1, 0.15) is 10.4 Å². The van der Waals surface area contributed by atoms with Crippen LogP contribution < -0.4 is 0 Å². The fraction of sp³-hybridized carbons (Fsp3) is 0.222. The van der Waals surface area contributed by atoms with E-state index < -0.39 is 0 Å². The van der Waals surface area contributed by atoms with Crippen molar-refractivity contribution in [3.8, 4) is 0 Å². The van der Waals surface area contributed by atoms with Crippen LogP contribution in [-0.2, 0) is 4.84 Å². The van der Waals surface area contributed by atoms with Crippen LogP contribution in [0, 0.1) is 0 Å². The Morgan fingerprint density at radius 3 is 2.87 bits per heavy atom. The Labute approximate surface area is 85.3 Å². The van der Waals surface area contributed by atoms with Crippen molar-refractivity contribution in [2.24, 2.45) is 0 Å². The molecule has 0 unspecified atom stereocenters. The van der Waals surface area contributed by atoms with E-state index in [2.05, 4.69) is 14.9 Å². The molecule has 1 amide bonds. The predicted octanol–water partition coefficient (Wildman–Crippen LogP) is 0.856. The molecule has 15 heavy (non-hydrogen) atoms. The number of hydrogen-bond donors (Lipinski definition) is 0. The van der Waals surface area contributed by atoms with Crippen LogP contribution in [0.25, 0.3) is 11.0 Å². The summed E-state index contributed by atoms with van der Waals surface area (Å²) in [6.07, 6.45) is 0. The third kappa shape index (κ3) is 1.66. The lowest BCUT2D eigenvalue weighted by molar-refractivity contribution is -0.0756. The number of benzene rings is 1. The van der Waals surface area contributed by atoms with Crippen LogP contribution in [0.15, 0.2) is 22.8 Å². The summed E-state index contributed by atoms with van der Waals surface area (Å²) in [7, 11) is 2.96. The van der Waals surface area contributed by atoms with Crippen molar-refractivity contribution in [2.45, 2.75) is 0 Å². The highest BCUT2D eigenvalue weighted by Crippen LogP contribution is 2.12. The first-order chi connectivity index (χ1) is 7.22. The zero-order valence-electron chi connectivity index (χ0n) is 8.30. The summed E-state index contributed by atoms with van der Waals surface area (Å²) >= 11 is 0. The van der Waals surface area contributed by atoms with Crippen LogP contribution >= 0.6 is 0 Å². The number of aromatic nitrogens is 2. The quantitative estimate of drug-likeness (QED) is 0.683. The second-order valence-electron chi connectivity index (χ2n) is 2.95. The van der Waals surface area contributed by atoms with E-state index in [4.69, 9.17) is 4.84 Å². The number of carbonyl (C=O) groups excluding carboxylic acids is 1. The van der Waals surface area contributed by atoms with Crippen LogP contribution in [0.2, 0.25) is 0 Å². The SMILES string of the molecule is CON(C)C(=O)c1ccc2nonc2c1. The number of rotatable bonds is 2. The van der Waals surface area contributed by atoms with Gasteiger partial charge in [0.1, 0.15) is 11.0 Å². The molecule has 78 valence electrons. The fourth-order valence-electron chi connectivity index (χ4n) is 1.18. The summed E-state index contributed by atoms with van der Waals surface area (Å²) in [4.78, 5) is 16.4. The molecule has 1 heterocycles. The minimum absolute atomic E-state index is 0.248. The van der Waals surface area contributed by atoms with E-state index in [1.54, 1.807) is 18.2 Å². The normalized spacial score (nSPS) is 10.5. The number of hydroxylamine groups is 2. The maximum atomic E-state index is 11.7. The van der Waals surface area contributed by atoms with E-state index in [0.29, 0.717) is 16.6 Å². The predicted molar refractivity (Wildman–Crippen MR) is 50.9 cm³/mol. The maximum Gasteiger partial charge on any atom is 0.277 e. The highest BCUT2D eigenvalue weighted by atomic mass is 16.7. The molecule has 0 bridgehead atoms. The Morgan fingerprint density at radius 1 is 1.40 bits per heavy atom. The van der Waals surface area contributed by atoms with Crippen molar-refractivity contribution in [3.05, 3.63) is 23.8 Å². The Morgan fingerprint density at radius 2 is 2.13 bits per heavy atom. The van der Waals surface area contributed by atoms with Crippen molar-refractivity contribution < 1.29 is 14.3 Å². The highest BCUT2D eigenvalue weighted by molar-refractivity contribution is 5.96. The van der Waals surface area contributed by atoms with Crippen molar-refractivity contribution in [1.29, 1.82) is 0 Å². The van der Waals surface area contributed by atoms with Gasteiger partial charge in [0.15, 0.2) is 0 Å². The Bertz CT molecular complexity index is 494. The highest BCUT2D eigenvalue weighted by Gasteiger charge is 2.12. The molecule has 0 radical (unpaired) electrons. The molecular formula is C9H9N3O3. The lowest BCUT2D eigenvalue weighted by Crippen LogP contribution is -2.25. The van der Waals surface area contributed by atoms with Gasteiger partial charge in [0, 0.05) is 12.6 Å². The molecule has 0 spiro atoms. The Kier molecular flexibility index (Phi) is 2.34. The van der Waals surface area contributed by atoms with Gasteiger partial charge in [0.2, 0.25) is 0 Å². The number of nitrogens with zero attached hydrogens (tertiary/aromatic N) is 3. The Balaban J connectivity index is 2.39. The van der Waals surface area contributed by atoms with E-state index in [1.165, 1.54) is 14.2 Å². The van der Waals surface area contributed by atoms with Gasteiger partial charge in [-0.3, -0.25) is 9.63 Å². The first-order valence-corrected chi connectivity index (χ1v) is 4.27. The van der Waals surface area contributed by atoms with E-state index in [1.807, 2.05) is 0 Å². The number of hydrogen-bond acceptors (Lipinski definition) is 5. The second-order valence-corrected chi connectivity index (χ2v) is 2.95. The van der Waals surface area contributed by atoms with Gasteiger partial charge < -0.3 is 0 Å². The molecule has 1 aromatic heterocycles. The summed E-state index contributed by atoms with van der Waals surface area (Å²) in [5.41, 5.74) is 1.64. The molecule has 0 aliphatic heterocycles. The summed E-state index contributed by atoms with van der Waals surface area (Å²) in [5.74, 6) is -0.248. The number of carbonyl (C=O) groups is 1. The molecule has 0 aliphatic carbocycles. The van der Waals surface area contributed by atoms with Crippen molar-refractivity contribution in [2.75, 3.05) is 14.2 Å². The molecule has 0 aliphatic rings. The van der Waals surface area contributed by atoms with Crippen molar-refractivity contribution >= 4 is 16.9 Å². The average molecular weight is 207 g/mol. The minimum Gasteiger partial charge on any atom is -0.274 e. The smallest absolute Gasteiger partial charge is 0.274 e. The molecule has 0 atom stereocenters. The third-order valence-electron chi connectivity index (χ3n) is 2.06. The largest absolute Gasteiger partial charge is 0.277 e. The molecule has 0 fully saturated rings. The zero-order valence-corrected chi connectivity index (χ0v) is 8.30. The van der Waals surface area contributed by atoms with Gasteiger partial charge in [-0.25, -0.2) is 9.69 Å². The Hall–Kier alpha value is -1.95. The molecule has 0 saturated carbocycles. The minimum atomic E-state index is -0.248. The van der Waals surface area contributed by atoms with E-state index in [9.17, 15) is 4.79 Å². The first-order valence-electron chi connectivity index (χ1n) is 4.27. The molecule has 1 aromatic carbocycles. The summed E-state index contributed by atoms with van der Waals surface area (Å²) in [6.45, 7) is 0. The van der Waals surface area contributed by atoms with E-state index in [0.717, 1.165) is 5.06 Å². The molecular weight excluding hydrogens is 198 g/mol. The topological polar surface area (TPSA) is 68.5 Å². The van der Waals surface area contributed by atoms with Crippen LogP contribution in [0.3, 0.4) is 0 Å². The first kappa shape index (κ1) is 9.60. The lowest BCUT2D eigenvalue weighted by Gasteiger charge is -2.12. The van der Waals surface area contributed by atoms with E-state index in [-0.39, 0.29) is 5.91 Å². The van der Waals surface area contributed by atoms with Crippen molar-refractivity contribution in [1.82, 2.24) is 15.4 Å². The molecule has 6 heteroatoms. The van der Waals surface area contributed by atoms with Gasteiger partial charge in [0.25, 0.3) is 5.91 Å². The van der Waals surface area contributed by atoms with Gasteiger partial charge in [-0.1, -0.05) is 0 Å². The molecule has 0 saturated heterocycles. The molecule has 0 N–H and O–H groups in total. The second kappa shape index (κ2) is 3.66. The third-order valence-corrected chi connectivity index (χ3v) is 2.06. The standard InChI is InChI=1S/C9H9N3O3/c1-12(14-2)9(13)6-3-4-7-8(5-6)11-15-10-7/h3-5H,1-2H3. The molecule has 6 nitrogen and oxygen atoms in total. The van der Waals surface area contributed by atoms with Gasteiger partial charge in [0.05, 0.1) is 7.11 Å². The van der Waals surface area contributed by atoms with Crippen molar-refractivity contribution in [3.63, 3.8) is 0 Å². The zero-order chi connectivity index (χ0) is 10.8. The van der Waals surface area contributed by atoms with E-state index >= 15 is 0 Å². The summed E-state index contributed by atoms with van der Waals surface area (Å²) in [5, 5.41) is 8.42. The number of amides is 1. The van der Waals surface area contributed by atoms with Crippen LogP contribution in [0.5, 0.6) is 0 Å². The monoisotopic (exact) mass is 207 g/mol. The van der Waals surface area contributed by atoms with Gasteiger partial charge in [-0.2, -0.15) is 0 Å². The summed E-state index contributed by atoms with van der Waals surface area (Å²) in [6, 6.07) is 4.91. The van der Waals surface area contributed by atoms with Crippen LogP contribution in [-0.4, -0.2) is 35.4 Å². The summed E-state index contributed by atoms with van der Waals surface area (Å²) < 4.78 is 4.53. The van der Waals surface area contributed by atoms with Gasteiger partial charge >= 0.3 is 0 Å². The molecule has 2 aromatic rings. The lowest BCUT2D eigenvalue weighted by atomic mass is 10.2. The maximum absolute atomic E-state index is 11.7. The van der Waals surface area contributed by atoms with Gasteiger partial charge in [-0.15, -0.1) is 0 Å². The average Bonchev–Trinajstić information content (AvgIpc) is 2.73. The number of fused-ring (bicyclic) bond motifs is 1. The van der Waals surface area contributed by atoms with Crippen LogP contribution in [0.4, 0.5) is 0 Å². The fourth-order valence-corrected chi connectivity index (χ4v) is 1.18. The van der Waals surface area contributed by atoms with Gasteiger partial charge in [-0.05, 0) is 28.5 Å². The molecule has 2 rings (SSSR count).